The SMILES string of the molecule is COc1ccc2c3c1OC1C(O)CCC4(O)C(C2)NCCC314. The van der Waals surface area contributed by atoms with E-state index in [-0.39, 0.29) is 12.1 Å². The van der Waals surface area contributed by atoms with Crippen molar-refractivity contribution >= 4 is 0 Å². The highest BCUT2D eigenvalue weighted by molar-refractivity contribution is 5.62. The topological polar surface area (TPSA) is 71.0 Å². The Kier molecular flexibility index (Phi) is 2.37. The smallest absolute Gasteiger partial charge is 0.166 e. The van der Waals surface area contributed by atoms with Crippen molar-refractivity contribution in [1.82, 2.24) is 5.32 Å². The Labute approximate surface area is 129 Å². The summed E-state index contributed by atoms with van der Waals surface area (Å²) >= 11 is 0. The van der Waals surface area contributed by atoms with Crippen LogP contribution in [0.2, 0.25) is 0 Å². The summed E-state index contributed by atoms with van der Waals surface area (Å²) in [5.41, 5.74) is 0.961. The second-order valence-corrected chi connectivity index (χ2v) is 7.13. The molecule has 0 amide bonds. The molecule has 2 aliphatic carbocycles. The van der Waals surface area contributed by atoms with E-state index in [9.17, 15) is 10.2 Å². The van der Waals surface area contributed by atoms with Crippen molar-refractivity contribution in [1.29, 1.82) is 0 Å². The number of piperidine rings is 1. The molecule has 22 heavy (non-hydrogen) atoms. The molecule has 2 fully saturated rings. The summed E-state index contributed by atoms with van der Waals surface area (Å²) < 4.78 is 11.7. The first-order valence-corrected chi connectivity index (χ1v) is 8.12. The molecule has 2 heterocycles. The number of hydrogen-bond donors (Lipinski definition) is 3. The van der Waals surface area contributed by atoms with E-state index in [0.717, 1.165) is 30.7 Å². The number of methoxy groups -OCH3 is 1. The first-order chi connectivity index (χ1) is 10.6. The van der Waals surface area contributed by atoms with Crippen molar-refractivity contribution in [3.05, 3.63) is 23.3 Å². The molecular weight excluding hydrogens is 282 g/mol. The van der Waals surface area contributed by atoms with E-state index < -0.39 is 17.1 Å². The lowest BCUT2D eigenvalue weighted by molar-refractivity contribution is -0.179. The minimum absolute atomic E-state index is 0.0340. The molecular formula is C17H21NO4. The zero-order valence-corrected chi connectivity index (χ0v) is 12.6. The Balaban J connectivity index is 1.85. The fourth-order valence-corrected chi connectivity index (χ4v) is 5.57. The summed E-state index contributed by atoms with van der Waals surface area (Å²) in [7, 11) is 1.64. The first-order valence-electron chi connectivity index (χ1n) is 8.12. The van der Waals surface area contributed by atoms with Crippen LogP contribution in [0.1, 0.15) is 30.4 Å². The highest BCUT2D eigenvalue weighted by Gasteiger charge is 2.71. The van der Waals surface area contributed by atoms with Gasteiger partial charge in [0, 0.05) is 11.6 Å². The number of aliphatic hydroxyl groups is 2. The van der Waals surface area contributed by atoms with E-state index in [1.165, 1.54) is 5.56 Å². The van der Waals surface area contributed by atoms with Crippen molar-refractivity contribution < 1.29 is 19.7 Å². The van der Waals surface area contributed by atoms with Crippen LogP contribution in [-0.2, 0) is 11.8 Å². The van der Waals surface area contributed by atoms with Gasteiger partial charge in [-0.3, -0.25) is 0 Å². The number of benzene rings is 1. The van der Waals surface area contributed by atoms with Gasteiger partial charge in [-0.25, -0.2) is 0 Å². The van der Waals surface area contributed by atoms with Crippen molar-refractivity contribution in [2.24, 2.45) is 0 Å². The predicted octanol–water partition coefficient (Wildman–Crippen LogP) is 0.498. The van der Waals surface area contributed by atoms with Crippen LogP contribution >= 0.6 is 0 Å². The Morgan fingerprint density at radius 3 is 3.05 bits per heavy atom. The van der Waals surface area contributed by atoms with E-state index in [0.29, 0.717) is 18.6 Å². The molecule has 5 heteroatoms. The van der Waals surface area contributed by atoms with E-state index in [4.69, 9.17) is 9.47 Å². The van der Waals surface area contributed by atoms with Gasteiger partial charge in [-0.15, -0.1) is 0 Å². The van der Waals surface area contributed by atoms with Crippen molar-refractivity contribution in [3.63, 3.8) is 0 Å². The summed E-state index contributed by atoms with van der Waals surface area (Å²) in [6.07, 6.45) is 1.86. The molecule has 0 aromatic heterocycles. The molecule has 2 bridgehead atoms. The maximum atomic E-state index is 11.6. The van der Waals surface area contributed by atoms with Crippen molar-refractivity contribution in [3.8, 4) is 11.5 Å². The minimum Gasteiger partial charge on any atom is -0.493 e. The van der Waals surface area contributed by atoms with Gasteiger partial charge in [0.25, 0.3) is 0 Å². The van der Waals surface area contributed by atoms with Gasteiger partial charge < -0.3 is 25.0 Å². The summed E-state index contributed by atoms with van der Waals surface area (Å²) in [6.45, 7) is 0.843. The maximum absolute atomic E-state index is 11.6. The molecule has 1 saturated heterocycles. The summed E-state index contributed by atoms with van der Waals surface area (Å²) in [4.78, 5) is 0. The second kappa shape index (κ2) is 3.96. The third-order valence-electron chi connectivity index (χ3n) is 6.46. The molecule has 2 aliphatic heterocycles. The maximum Gasteiger partial charge on any atom is 0.166 e. The minimum atomic E-state index is -0.847. The molecule has 5 atom stereocenters. The quantitative estimate of drug-likeness (QED) is 0.705. The lowest BCUT2D eigenvalue weighted by Crippen LogP contribution is -2.76. The fourth-order valence-electron chi connectivity index (χ4n) is 5.57. The molecule has 5 unspecified atom stereocenters. The molecule has 5 rings (SSSR count). The number of rotatable bonds is 1. The molecule has 4 aliphatic rings. The van der Waals surface area contributed by atoms with E-state index in [1.807, 2.05) is 6.07 Å². The highest BCUT2D eigenvalue weighted by atomic mass is 16.5. The van der Waals surface area contributed by atoms with Gasteiger partial charge in [-0.2, -0.15) is 0 Å². The molecule has 1 saturated carbocycles. The van der Waals surface area contributed by atoms with Crippen LogP contribution in [0.5, 0.6) is 11.5 Å². The van der Waals surface area contributed by atoms with Gasteiger partial charge >= 0.3 is 0 Å². The van der Waals surface area contributed by atoms with Crippen LogP contribution in [0.25, 0.3) is 0 Å². The van der Waals surface area contributed by atoms with Gasteiger partial charge in [0.1, 0.15) is 6.10 Å². The van der Waals surface area contributed by atoms with Gasteiger partial charge in [0.2, 0.25) is 0 Å². The molecule has 118 valence electrons. The van der Waals surface area contributed by atoms with Crippen LogP contribution in [0.4, 0.5) is 0 Å². The van der Waals surface area contributed by atoms with Gasteiger partial charge in [0.15, 0.2) is 11.5 Å². The van der Waals surface area contributed by atoms with Crippen LogP contribution in [0.15, 0.2) is 12.1 Å². The average Bonchev–Trinajstić information content (AvgIpc) is 2.85. The number of nitrogens with one attached hydrogen (secondary N) is 1. The Morgan fingerprint density at radius 2 is 2.23 bits per heavy atom. The standard InChI is InChI=1S/C17H21NO4/c1-21-11-3-2-9-8-12-17(20)5-4-10(19)15-16(17,6-7-18-12)13(9)14(11)22-15/h2-3,10,12,15,18-20H,4-8H2,1H3. The number of aliphatic hydroxyl groups excluding tert-OH is 1. The molecule has 0 radical (unpaired) electrons. The molecule has 1 aromatic carbocycles. The Hall–Kier alpha value is -1.30. The van der Waals surface area contributed by atoms with Crippen LogP contribution in [-0.4, -0.2) is 47.7 Å². The first kappa shape index (κ1) is 13.2. The zero-order chi connectivity index (χ0) is 15.1. The number of hydrogen-bond acceptors (Lipinski definition) is 5. The lowest BCUT2D eigenvalue weighted by atomic mass is 9.49. The zero-order valence-electron chi connectivity index (χ0n) is 12.6. The van der Waals surface area contributed by atoms with E-state index in [2.05, 4.69) is 11.4 Å². The third-order valence-corrected chi connectivity index (χ3v) is 6.46. The Morgan fingerprint density at radius 1 is 1.36 bits per heavy atom. The van der Waals surface area contributed by atoms with Gasteiger partial charge in [0.05, 0.1) is 24.2 Å². The molecule has 1 aromatic rings. The lowest BCUT2D eigenvalue weighted by Gasteiger charge is -2.61. The largest absolute Gasteiger partial charge is 0.493 e. The van der Waals surface area contributed by atoms with Crippen molar-refractivity contribution in [2.45, 2.75) is 54.9 Å². The molecule has 1 spiro atoms. The van der Waals surface area contributed by atoms with E-state index >= 15 is 0 Å². The summed E-state index contributed by atoms with van der Waals surface area (Å²) in [6, 6.07) is 4.06. The van der Waals surface area contributed by atoms with Crippen molar-refractivity contribution in [2.75, 3.05) is 13.7 Å². The highest BCUT2D eigenvalue weighted by Crippen LogP contribution is 2.64. The van der Waals surface area contributed by atoms with Crippen LogP contribution in [0.3, 0.4) is 0 Å². The van der Waals surface area contributed by atoms with Gasteiger partial charge in [-0.1, -0.05) is 6.07 Å². The monoisotopic (exact) mass is 303 g/mol. The molecule has 5 nitrogen and oxygen atoms in total. The summed E-state index contributed by atoms with van der Waals surface area (Å²) in [5.74, 6) is 1.44. The summed E-state index contributed by atoms with van der Waals surface area (Å²) in [5, 5.41) is 25.7. The van der Waals surface area contributed by atoms with Gasteiger partial charge in [-0.05, 0) is 43.9 Å². The normalized spacial score (nSPS) is 44.2. The average molecular weight is 303 g/mol. The molecule has 3 N–H and O–H groups in total. The second-order valence-electron chi connectivity index (χ2n) is 7.13. The van der Waals surface area contributed by atoms with Crippen LogP contribution in [0, 0.1) is 0 Å². The van der Waals surface area contributed by atoms with E-state index in [1.54, 1.807) is 7.11 Å². The Bertz CT molecular complexity index is 662. The van der Waals surface area contributed by atoms with Crippen LogP contribution < -0.4 is 14.8 Å². The number of ether oxygens (including phenoxy) is 2. The third kappa shape index (κ3) is 1.21. The predicted molar refractivity (Wildman–Crippen MR) is 79.4 cm³/mol. The fraction of sp³-hybridized carbons (Fsp3) is 0.647.